The Morgan fingerprint density at radius 3 is 0.803 bits per heavy atom. The second-order valence-corrected chi connectivity index (χ2v) is 26.5. The highest BCUT2D eigenvalue weighted by Gasteiger charge is 2.50. The summed E-state index contributed by atoms with van der Waals surface area (Å²) in [6.07, 6.45) is 2.48. The van der Waals surface area contributed by atoms with Crippen LogP contribution in [0.2, 0.25) is 0 Å². The number of aliphatic hydroxyl groups is 1. The van der Waals surface area contributed by atoms with Crippen molar-refractivity contribution in [3.05, 3.63) is 291 Å². The highest BCUT2D eigenvalue weighted by Crippen LogP contribution is 2.76. The van der Waals surface area contributed by atoms with Crippen LogP contribution in [-0.2, 0) is 9.13 Å². The summed E-state index contributed by atoms with van der Waals surface area (Å²) in [6, 6.07) is 83.1. The minimum absolute atomic E-state index is 0.259. The van der Waals surface area contributed by atoms with Gasteiger partial charge in [-0.05, 0) is 75.3 Å². The quantitative estimate of drug-likeness (QED) is 0.0633. The first-order valence-corrected chi connectivity index (χ1v) is 29.5. The summed E-state index contributed by atoms with van der Waals surface area (Å²) in [6.45, 7) is 0. The molecular formula is C58H50N2O7P4. The molecule has 9 aromatic rings. The molecule has 1 unspecified atom stereocenters. The number of allylic oxidation sites excluding steroid dienone is 1. The van der Waals surface area contributed by atoms with Gasteiger partial charge in [0.2, 0.25) is 0 Å². The average Bonchev–Trinajstić information content (AvgIpc) is 3.42. The van der Waals surface area contributed by atoms with Gasteiger partial charge in [0.05, 0.1) is 25.6 Å². The van der Waals surface area contributed by atoms with Crippen LogP contribution < -0.4 is 39.3 Å². The van der Waals surface area contributed by atoms with Gasteiger partial charge in [-0.15, -0.1) is 0 Å². The summed E-state index contributed by atoms with van der Waals surface area (Å²) < 4.78 is 71.1. The van der Waals surface area contributed by atoms with E-state index in [2.05, 4.69) is 0 Å². The smallest absolute Gasteiger partial charge is 0.399 e. The summed E-state index contributed by atoms with van der Waals surface area (Å²) in [5, 5.41) is 13.9. The van der Waals surface area contributed by atoms with E-state index in [1.807, 2.05) is 182 Å². The third-order valence-corrected chi connectivity index (χ3v) is 25.3. The molecule has 9 rings (SSSR count). The molecule has 71 heavy (non-hydrogen) atoms. The zero-order valence-corrected chi connectivity index (χ0v) is 41.9. The molecule has 9 aromatic carbocycles. The molecule has 0 bridgehead atoms. The highest BCUT2D eigenvalue weighted by atomic mass is 31.3. The minimum atomic E-state index is -4.77. The van der Waals surface area contributed by atoms with Crippen LogP contribution in [0.5, 0.6) is 23.0 Å². The van der Waals surface area contributed by atoms with Crippen molar-refractivity contribution in [1.29, 1.82) is 0 Å². The topological polar surface area (TPSA) is 116 Å². The first-order valence-electron chi connectivity index (χ1n) is 22.9. The fourth-order valence-electron chi connectivity index (χ4n) is 8.21. The van der Waals surface area contributed by atoms with Crippen molar-refractivity contribution in [2.45, 2.75) is 11.5 Å². The van der Waals surface area contributed by atoms with Crippen molar-refractivity contribution >= 4 is 50.8 Å². The van der Waals surface area contributed by atoms with Gasteiger partial charge in [0.25, 0.3) is 0 Å². The first kappa shape index (κ1) is 48.8. The number of benzene rings is 9. The molecule has 1 atom stereocenters. The Kier molecular flexibility index (Phi) is 15.6. The van der Waals surface area contributed by atoms with Gasteiger partial charge in [-0.25, -0.2) is 9.13 Å². The molecule has 0 saturated heterocycles. The number of para-hydroxylation sites is 4. The molecule has 0 fully saturated rings. The maximum Gasteiger partial charge on any atom is 0.562 e. The lowest BCUT2D eigenvalue weighted by atomic mass is 10.1. The Hall–Kier alpha value is -7.20. The Balaban J connectivity index is 1.51. The molecule has 0 aliphatic carbocycles. The van der Waals surface area contributed by atoms with Gasteiger partial charge in [-0.1, -0.05) is 237 Å². The predicted octanol–water partition coefficient (Wildman–Crippen LogP) is 14.8. The van der Waals surface area contributed by atoms with E-state index in [9.17, 15) is 5.11 Å². The highest BCUT2D eigenvalue weighted by molar-refractivity contribution is 7.99. The third kappa shape index (κ3) is 11.5. The van der Waals surface area contributed by atoms with E-state index in [0.717, 1.165) is 0 Å². The van der Waals surface area contributed by atoms with E-state index in [1.165, 1.54) is 0 Å². The lowest BCUT2D eigenvalue weighted by molar-refractivity contribution is 0.228. The Bertz CT molecular complexity index is 2970. The molecule has 9 nitrogen and oxygen atoms in total. The molecule has 13 heteroatoms. The van der Waals surface area contributed by atoms with Crippen LogP contribution in [0, 0.1) is 0 Å². The van der Waals surface area contributed by atoms with Crippen LogP contribution >= 0.6 is 29.6 Å². The van der Waals surface area contributed by atoms with Gasteiger partial charge < -0.3 is 23.2 Å². The second-order valence-electron chi connectivity index (χ2n) is 16.1. The SMILES string of the molecule is O=P(N=P(c1ccccc1)(c1ccccc1)C(/C=C/C(O)c1ccccc1)P(=NP(=O)(Oc1ccccc1)Oc1ccccc1)(c1ccccc1)c1ccccc1)(Oc1ccccc1)Oc1ccccc1. The van der Waals surface area contributed by atoms with Gasteiger partial charge in [0, 0.05) is 0 Å². The molecule has 354 valence electrons. The summed E-state index contributed by atoms with van der Waals surface area (Å²) in [4.78, 5) is 0. The molecule has 0 heterocycles. The van der Waals surface area contributed by atoms with Gasteiger partial charge in [0.1, 0.15) is 23.0 Å². The molecule has 1 N–H and O–H groups in total. The molecule has 0 aromatic heterocycles. The van der Waals surface area contributed by atoms with Crippen LogP contribution in [0.15, 0.2) is 294 Å². The first-order chi connectivity index (χ1) is 34.8. The van der Waals surface area contributed by atoms with Crippen LogP contribution in [-0.4, -0.2) is 10.5 Å². The van der Waals surface area contributed by atoms with Crippen LogP contribution in [0.25, 0.3) is 0 Å². The largest absolute Gasteiger partial charge is 0.562 e. The van der Waals surface area contributed by atoms with E-state index >= 15 is 9.13 Å². The van der Waals surface area contributed by atoms with E-state index < -0.39 is 41.1 Å². The molecule has 0 aliphatic rings. The molecule has 0 radical (unpaired) electrons. The van der Waals surface area contributed by atoms with Gasteiger partial charge in [-0.3, -0.25) is 0 Å². The average molecular weight is 1010 g/mol. The molecule has 0 spiro atoms. The van der Waals surface area contributed by atoms with Crippen molar-refractivity contribution in [2.24, 2.45) is 9.03 Å². The molecule has 0 amide bonds. The lowest BCUT2D eigenvalue weighted by Crippen LogP contribution is -2.33. The number of rotatable bonds is 19. The summed E-state index contributed by atoms with van der Waals surface area (Å²) in [5.41, 5.74) is 0.624. The number of nitrogens with zero attached hydrogens (tertiary/aromatic N) is 2. The predicted molar refractivity (Wildman–Crippen MR) is 291 cm³/mol. The summed E-state index contributed by atoms with van der Waals surface area (Å²) >= 11 is 0. The van der Waals surface area contributed by atoms with E-state index in [0.29, 0.717) is 26.8 Å². The fourth-order valence-corrected chi connectivity index (χ4v) is 25.1. The number of hydrogen-bond acceptors (Lipinski definition) is 7. The standard InChI is InChI=1S/C58H50N2O7P4/c61-57(48-28-10-1-11-29-48)46-47-58(68(53-38-20-6-21-39-53,54-40-22-7-23-41-54)59-70(62,64-49-30-12-2-13-31-49)65-50-32-14-3-15-33-50)69(55-42-24-8-25-43-55,56-44-26-9-27-45-56)60-71(63,66-51-34-16-4-17-35-51)67-52-36-18-5-19-37-52/h1-47,57-58,61H/b47-46+. The maximum absolute atomic E-state index is 16.6. The summed E-state index contributed by atoms with van der Waals surface area (Å²) in [5.74, 6) is 1.04. The van der Waals surface area contributed by atoms with Crippen molar-refractivity contribution in [2.75, 3.05) is 0 Å². The fraction of sp³-hybridized carbons (Fsp3) is 0.0345. The normalized spacial score (nSPS) is 12.4. The Morgan fingerprint density at radius 2 is 0.549 bits per heavy atom. The van der Waals surface area contributed by atoms with Crippen molar-refractivity contribution in [3.8, 4) is 23.0 Å². The van der Waals surface area contributed by atoms with E-state index in [4.69, 9.17) is 27.1 Å². The van der Waals surface area contributed by atoms with Crippen molar-refractivity contribution < 1.29 is 32.3 Å². The van der Waals surface area contributed by atoms with Crippen LogP contribution in [0.3, 0.4) is 0 Å². The molecular weight excluding hydrogens is 961 g/mol. The number of aliphatic hydroxyl groups excluding tert-OH is 1. The maximum atomic E-state index is 16.6. The van der Waals surface area contributed by atoms with Crippen molar-refractivity contribution in [1.82, 2.24) is 0 Å². The lowest BCUT2D eigenvalue weighted by Gasteiger charge is -2.42. The minimum Gasteiger partial charge on any atom is -0.399 e. The molecule has 0 aliphatic heterocycles. The molecule has 0 saturated carbocycles. The Morgan fingerprint density at radius 1 is 0.324 bits per heavy atom. The second kappa shape index (κ2) is 22.7. The van der Waals surface area contributed by atoms with Crippen LogP contribution in [0.1, 0.15) is 11.7 Å². The third-order valence-electron chi connectivity index (χ3n) is 11.3. The Labute approximate surface area is 415 Å². The number of hydrogen-bond donors (Lipinski definition) is 1. The van der Waals surface area contributed by atoms with E-state index in [-0.39, 0.29) is 23.0 Å². The van der Waals surface area contributed by atoms with Crippen LogP contribution in [0.4, 0.5) is 0 Å². The zero-order valence-electron chi connectivity index (χ0n) is 38.4. The van der Waals surface area contributed by atoms with Gasteiger partial charge in [0.15, 0.2) is 0 Å². The van der Waals surface area contributed by atoms with Gasteiger partial charge >= 0.3 is 15.5 Å². The zero-order chi connectivity index (χ0) is 48.8. The van der Waals surface area contributed by atoms with Gasteiger partial charge in [-0.2, -0.15) is 9.03 Å². The summed E-state index contributed by atoms with van der Waals surface area (Å²) in [7, 11) is -17.4. The monoisotopic (exact) mass is 1010 g/mol. The van der Waals surface area contributed by atoms with Crippen molar-refractivity contribution in [3.63, 3.8) is 0 Å². The van der Waals surface area contributed by atoms with E-state index in [1.54, 1.807) is 103 Å².